The maximum absolute atomic E-state index is 12.2. The van der Waals surface area contributed by atoms with Crippen LogP contribution in [0.3, 0.4) is 0 Å². The molecule has 2 aromatic rings. The molecule has 1 fully saturated rings. The number of para-hydroxylation sites is 1. The Hall–Kier alpha value is -3.03. The van der Waals surface area contributed by atoms with Crippen LogP contribution in [0.4, 0.5) is 5.69 Å². The number of nitrogens with two attached hydrogens (primary N) is 1. The van der Waals surface area contributed by atoms with Crippen molar-refractivity contribution in [2.45, 2.75) is 31.7 Å². The highest BCUT2D eigenvalue weighted by atomic mass is 16.5. The number of aromatic amines is 2. The average molecular weight is 344 g/mol. The van der Waals surface area contributed by atoms with E-state index < -0.39 is 17.2 Å². The summed E-state index contributed by atoms with van der Waals surface area (Å²) in [6.07, 6.45) is 2.34. The van der Waals surface area contributed by atoms with E-state index in [0.29, 0.717) is 5.92 Å². The van der Waals surface area contributed by atoms with Gasteiger partial charge in [0.05, 0.1) is 6.04 Å². The van der Waals surface area contributed by atoms with Gasteiger partial charge in [-0.05, 0) is 37.3 Å². The molecule has 0 spiro atoms. The Morgan fingerprint density at radius 3 is 2.76 bits per heavy atom. The zero-order chi connectivity index (χ0) is 18.0. The predicted molar refractivity (Wildman–Crippen MR) is 92.9 cm³/mol. The number of hydrogen-bond acceptors (Lipinski definition) is 5. The summed E-state index contributed by atoms with van der Waals surface area (Å²) in [6.45, 7) is 2.02. The van der Waals surface area contributed by atoms with Gasteiger partial charge in [-0.25, -0.2) is 4.79 Å². The number of aromatic nitrogens is 2. The van der Waals surface area contributed by atoms with Gasteiger partial charge >= 0.3 is 5.69 Å². The second kappa shape index (κ2) is 6.84. The SMILES string of the molecule is CC(COc1ccccc1C1CC1)NC(=O)c1[nH]c(=O)[nH]c(=O)c1N. The van der Waals surface area contributed by atoms with E-state index in [1.54, 1.807) is 6.92 Å². The van der Waals surface area contributed by atoms with Crippen molar-refractivity contribution in [1.29, 1.82) is 0 Å². The molecule has 1 amide bonds. The fourth-order valence-corrected chi connectivity index (χ4v) is 2.57. The largest absolute Gasteiger partial charge is 0.491 e. The summed E-state index contributed by atoms with van der Waals surface area (Å²) in [7, 11) is 0. The van der Waals surface area contributed by atoms with Gasteiger partial charge in [-0.2, -0.15) is 0 Å². The summed E-state index contributed by atoms with van der Waals surface area (Å²) >= 11 is 0. The minimum absolute atomic E-state index is 0.251. The van der Waals surface area contributed by atoms with Crippen LogP contribution < -0.4 is 27.0 Å². The number of anilines is 1. The van der Waals surface area contributed by atoms with E-state index in [1.807, 2.05) is 23.2 Å². The molecule has 8 heteroatoms. The molecule has 0 saturated heterocycles. The van der Waals surface area contributed by atoms with Crippen LogP contribution in [-0.2, 0) is 0 Å². The molecule has 25 heavy (non-hydrogen) atoms. The Morgan fingerprint density at radius 2 is 2.04 bits per heavy atom. The van der Waals surface area contributed by atoms with E-state index >= 15 is 0 Å². The zero-order valence-corrected chi connectivity index (χ0v) is 13.8. The fourth-order valence-electron chi connectivity index (χ4n) is 2.57. The Balaban J connectivity index is 1.63. The number of H-pyrrole nitrogens is 2. The van der Waals surface area contributed by atoms with Gasteiger partial charge in [0.15, 0.2) is 0 Å². The van der Waals surface area contributed by atoms with Crippen LogP contribution in [0, 0.1) is 0 Å². The molecule has 1 aromatic carbocycles. The summed E-state index contributed by atoms with van der Waals surface area (Å²) in [5, 5.41) is 2.66. The minimum Gasteiger partial charge on any atom is -0.491 e. The number of hydrogen-bond donors (Lipinski definition) is 4. The van der Waals surface area contributed by atoms with Crippen molar-refractivity contribution < 1.29 is 9.53 Å². The molecule has 1 aromatic heterocycles. The van der Waals surface area contributed by atoms with Gasteiger partial charge < -0.3 is 20.8 Å². The molecule has 1 aliphatic carbocycles. The van der Waals surface area contributed by atoms with Crippen molar-refractivity contribution in [3.05, 3.63) is 56.4 Å². The molecule has 8 nitrogen and oxygen atoms in total. The lowest BCUT2D eigenvalue weighted by Gasteiger charge is -2.17. The number of rotatable bonds is 6. The number of amides is 1. The highest BCUT2D eigenvalue weighted by Gasteiger charge is 2.26. The Labute approximate surface area is 143 Å². The smallest absolute Gasteiger partial charge is 0.326 e. The topological polar surface area (TPSA) is 130 Å². The van der Waals surface area contributed by atoms with Gasteiger partial charge in [0.1, 0.15) is 23.7 Å². The van der Waals surface area contributed by atoms with E-state index in [0.717, 1.165) is 5.75 Å². The van der Waals surface area contributed by atoms with E-state index in [2.05, 4.69) is 16.4 Å². The fraction of sp³-hybridized carbons (Fsp3) is 0.353. The Bertz CT molecular complexity index is 898. The van der Waals surface area contributed by atoms with Gasteiger partial charge in [0.25, 0.3) is 11.5 Å². The highest BCUT2D eigenvalue weighted by Crippen LogP contribution is 2.44. The first-order chi connectivity index (χ1) is 12.0. The first kappa shape index (κ1) is 16.8. The van der Waals surface area contributed by atoms with E-state index in [1.165, 1.54) is 18.4 Å². The lowest BCUT2D eigenvalue weighted by molar-refractivity contribution is 0.0922. The molecule has 1 heterocycles. The van der Waals surface area contributed by atoms with Crippen molar-refractivity contribution >= 4 is 11.6 Å². The lowest BCUT2D eigenvalue weighted by Crippen LogP contribution is -2.40. The van der Waals surface area contributed by atoms with Crippen LogP contribution in [0.5, 0.6) is 5.75 Å². The van der Waals surface area contributed by atoms with Crippen LogP contribution in [0.25, 0.3) is 0 Å². The van der Waals surface area contributed by atoms with Gasteiger partial charge in [0.2, 0.25) is 0 Å². The van der Waals surface area contributed by atoms with Crippen molar-refractivity contribution in [2.75, 3.05) is 12.3 Å². The first-order valence-corrected chi connectivity index (χ1v) is 8.10. The van der Waals surface area contributed by atoms with Crippen molar-refractivity contribution in [3.8, 4) is 5.75 Å². The molecule has 1 aliphatic rings. The standard InChI is InChI=1S/C17H20N4O4/c1-9(8-25-12-5-3-2-4-11(12)10-6-7-10)19-16(23)14-13(18)15(22)21-17(24)20-14/h2-5,9-10H,6-8,18H2,1H3,(H,19,23)(H2,20,21,22,24). The summed E-state index contributed by atoms with van der Waals surface area (Å²) in [5.41, 5.74) is 4.57. The third-order valence-electron chi connectivity index (χ3n) is 4.01. The van der Waals surface area contributed by atoms with E-state index in [9.17, 15) is 14.4 Å². The number of nitrogens with one attached hydrogen (secondary N) is 3. The van der Waals surface area contributed by atoms with Crippen LogP contribution in [0.1, 0.15) is 41.7 Å². The summed E-state index contributed by atoms with van der Waals surface area (Å²) in [6, 6.07) is 7.51. The van der Waals surface area contributed by atoms with Gasteiger partial charge in [-0.1, -0.05) is 18.2 Å². The first-order valence-electron chi connectivity index (χ1n) is 8.10. The van der Waals surface area contributed by atoms with Crippen LogP contribution >= 0.6 is 0 Å². The maximum atomic E-state index is 12.2. The number of carbonyl (C=O) groups excluding carboxylic acids is 1. The number of carbonyl (C=O) groups is 1. The number of benzene rings is 1. The minimum atomic E-state index is -0.795. The monoisotopic (exact) mass is 344 g/mol. The van der Waals surface area contributed by atoms with Gasteiger partial charge in [0, 0.05) is 0 Å². The Morgan fingerprint density at radius 1 is 1.32 bits per heavy atom. The van der Waals surface area contributed by atoms with Crippen molar-refractivity contribution in [3.63, 3.8) is 0 Å². The maximum Gasteiger partial charge on any atom is 0.326 e. The molecule has 132 valence electrons. The summed E-state index contributed by atoms with van der Waals surface area (Å²) in [4.78, 5) is 39.2. The van der Waals surface area contributed by atoms with Crippen LogP contribution in [0.15, 0.2) is 33.9 Å². The molecule has 1 unspecified atom stereocenters. The molecular formula is C17H20N4O4. The molecule has 5 N–H and O–H groups in total. The molecule has 3 rings (SSSR count). The molecule has 0 radical (unpaired) electrons. The zero-order valence-electron chi connectivity index (χ0n) is 13.8. The second-order valence-electron chi connectivity index (χ2n) is 6.19. The van der Waals surface area contributed by atoms with Crippen LogP contribution in [-0.4, -0.2) is 28.5 Å². The number of ether oxygens (including phenoxy) is 1. The summed E-state index contributed by atoms with van der Waals surface area (Å²) < 4.78 is 5.83. The predicted octanol–water partition coefficient (Wildman–Crippen LogP) is 0.720. The normalized spacial score (nSPS) is 14.8. The lowest BCUT2D eigenvalue weighted by atomic mass is 10.1. The second-order valence-corrected chi connectivity index (χ2v) is 6.19. The highest BCUT2D eigenvalue weighted by molar-refractivity contribution is 5.96. The average Bonchev–Trinajstić information content (AvgIpc) is 3.41. The Kier molecular flexibility index (Phi) is 4.60. The quantitative estimate of drug-likeness (QED) is 0.613. The van der Waals surface area contributed by atoms with Gasteiger partial charge in [-0.15, -0.1) is 0 Å². The third-order valence-corrected chi connectivity index (χ3v) is 4.01. The van der Waals surface area contributed by atoms with Crippen molar-refractivity contribution in [1.82, 2.24) is 15.3 Å². The van der Waals surface area contributed by atoms with E-state index in [4.69, 9.17) is 10.5 Å². The molecular weight excluding hydrogens is 324 g/mol. The van der Waals surface area contributed by atoms with Gasteiger partial charge in [-0.3, -0.25) is 14.6 Å². The molecule has 0 bridgehead atoms. The van der Waals surface area contributed by atoms with Crippen LogP contribution in [0.2, 0.25) is 0 Å². The third kappa shape index (κ3) is 3.90. The summed E-state index contributed by atoms with van der Waals surface area (Å²) in [5.74, 6) is 0.740. The molecule has 0 aliphatic heterocycles. The van der Waals surface area contributed by atoms with E-state index in [-0.39, 0.29) is 24.0 Å². The molecule has 1 atom stereocenters. The van der Waals surface area contributed by atoms with Crippen molar-refractivity contribution in [2.24, 2.45) is 0 Å². The molecule has 1 saturated carbocycles. The number of nitrogen functional groups attached to an aromatic ring is 1.